The highest BCUT2D eigenvalue weighted by molar-refractivity contribution is 7.75. The van der Waals surface area contributed by atoms with Gasteiger partial charge in [-0.05, 0) is 24.6 Å². The fourth-order valence-electron chi connectivity index (χ4n) is 1.10. The fraction of sp³-hybridized carbons (Fsp3) is 0.200. The molecular formula is C10H9Cl2FO2S. The van der Waals surface area contributed by atoms with Gasteiger partial charge in [0.05, 0.1) is 0 Å². The maximum absolute atomic E-state index is 13.4. The molecule has 0 atom stereocenters. The van der Waals surface area contributed by atoms with E-state index in [0.717, 1.165) is 0 Å². The molecule has 16 heavy (non-hydrogen) atoms. The second-order valence-electron chi connectivity index (χ2n) is 2.95. The maximum Gasteiger partial charge on any atom is 0.175 e. The molecule has 0 spiro atoms. The van der Waals surface area contributed by atoms with Gasteiger partial charge < -0.3 is 8.92 Å². The van der Waals surface area contributed by atoms with Crippen LogP contribution in [0.3, 0.4) is 0 Å². The van der Waals surface area contributed by atoms with Gasteiger partial charge in [0.15, 0.2) is 11.6 Å². The molecule has 0 aliphatic carbocycles. The monoisotopic (exact) mass is 282 g/mol. The number of rotatable bonds is 4. The molecule has 0 saturated carbocycles. The Morgan fingerprint density at radius 1 is 1.50 bits per heavy atom. The van der Waals surface area contributed by atoms with Crippen molar-refractivity contribution < 1.29 is 13.3 Å². The molecule has 0 amide bonds. The van der Waals surface area contributed by atoms with Crippen molar-refractivity contribution in [3.63, 3.8) is 0 Å². The molecule has 88 valence electrons. The van der Waals surface area contributed by atoms with E-state index in [0.29, 0.717) is 11.3 Å². The van der Waals surface area contributed by atoms with Gasteiger partial charge in [0.25, 0.3) is 0 Å². The third-order valence-electron chi connectivity index (χ3n) is 1.78. The first-order valence-electron chi connectivity index (χ1n) is 4.30. The van der Waals surface area contributed by atoms with Gasteiger partial charge in [-0.15, -0.1) is 0 Å². The minimum Gasteiger partial charge on any atom is -0.489 e. The lowest BCUT2D eigenvalue weighted by atomic mass is 10.2. The smallest absolute Gasteiger partial charge is 0.175 e. The van der Waals surface area contributed by atoms with Gasteiger partial charge in [-0.3, -0.25) is 0 Å². The minimum atomic E-state index is -0.536. The molecule has 1 aromatic rings. The summed E-state index contributed by atoms with van der Waals surface area (Å²) < 4.78 is 23.3. The first-order valence-corrected chi connectivity index (χ1v) is 5.42. The topological polar surface area (TPSA) is 18.5 Å². The van der Waals surface area contributed by atoms with Crippen LogP contribution in [0.5, 0.6) is 11.5 Å². The summed E-state index contributed by atoms with van der Waals surface area (Å²) in [5, 5.41) is 0. The van der Waals surface area contributed by atoms with Crippen LogP contribution >= 0.6 is 36.1 Å². The van der Waals surface area contributed by atoms with Crippen LogP contribution in [0, 0.1) is 12.7 Å². The summed E-state index contributed by atoms with van der Waals surface area (Å²) in [6.07, 6.45) is 1.46. The maximum atomic E-state index is 13.4. The van der Waals surface area contributed by atoms with Crippen LogP contribution < -0.4 is 8.92 Å². The molecule has 2 nitrogen and oxygen atoms in total. The fourth-order valence-corrected chi connectivity index (χ4v) is 1.46. The molecule has 6 heteroatoms. The number of aryl methyl sites for hydroxylation is 1. The highest BCUT2D eigenvalue weighted by Crippen LogP contribution is 2.28. The van der Waals surface area contributed by atoms with Crippen LogP contribution in [0.15, 0.2) is 22.7 Å². The Kier molecular flexibility index (Phi) is 5.25. The second-order valence-corrected chi connectivity index (χ2v) is 4.14. The highest BCUT2D eigenvalue weighted by Gasteiger charge is 2.09. The van der Waals surface area contributed by atoms with E-state index >= 15 is 0 Å². The Balaban J connectivity index is 2.80. The predicted octanol–water partition coefficient (Wildman–Crippen LogP) is 4.06. The molecule has 0 radical (unpaired) electrons. The quantitative estimate of drug-likeness (QED) is 0.663. The first kappa shape index (κ1) is 13.5. The second kappa shape index (κ2) is 6.23. The number of halogens is 3. The van der Waals surface area contributed by atoms with Crippen molar-refractivity contribution in [2.24, 2.45) is 0 Å². The van der Waals surface area contributed by atoms with Crippen molar-refractivity contribution in [1.29, 1.82) is 0 Å². The summed E-state index contributed by atoms with van der Waals surface area (Å²) in [6, 6.07) is 2.83. The van der Waals surface area contributed by atoms with E-state index in [2.05, 4.69) is 17.1 Å². The zero-order chi connectivity index (χ0) is 12.1. The van der Waals surface area contributed by atoms with E-state index < -0.39 is 5.82 Å². The van der Waals surface area contributed by atoms with Gasteiger partial charge in [0, 0.05) is 19.0 Å². The van der Waals surface area contributed by atoms with E-state index in [4.69, 9.17) is 27.9 Å². The molecule has 0 aliphatic heterocycles. The Labute approximate surface area is 109 Å². The van der Waals surface area contributed by atoms with Crippen LogP contribution in [0.4, 0.5) is 4.39 Å². The normalized spacial score (nSPS) is 9.81. The van der Waals surface area contributed by atoms with Crippen LogP contribution in [-0.4, -0.2) is 6.61 Å². The highest BCUT2D eigenvalue weighted by atomic mass is 35.5. The summed E-state index contributed by atoms with van der Waals surface area (Å²) in [6.45, 7) is 1.86. The Bertz CT molecular complexity index is 383. The Morgan fingerprint density at radius 2 is 2.19 bits per heavy atom. The van der Waals surface area contributed by atoms with Crippen LogP contribution in [0.25, 0.3) is 0 Å². The Hall–Kier alpha value is -0.580. The molecule has 1 aromatic carbocycles. The average Bonchev–Trinajstić information content (AvgIpc) is 2.16. The third-order valence-corrected chi connectivity index (χ3v) is 2.27. The average molecular weight is 283 g/mol. The number of ether oxygens (including phenoxy) is 1. The summed E-state index contributed by atoms with van der Waals surface area (Å²) in [5.74, 6) is -0.0810. The van der Waals surface area contributed by atoms with Gasteiger partial charge in [0.2, 0.25) is 0 Å². The van der Waals surface area contributed by atoms with Gasteiger partial charge in [-0.25, -0.2) is 4.39 Å². The van der Waals surface area contributed by atoms with Crippen LogP contribution in [-0.2, 0) is 0 Å². The minimum absolute atomic E-state index is 0.0848. The molecular weight excluding hydrogens is 274 g/mol. The van der Waals surface area contributed by atoms with Gasteiger partial charge in [-0.2, -0.15) is 0 Å². The van der Waals surface area contributed by atoms with E-state index in [1.807, 2.05) is 0 Å². The third kappa shape index (κ3) is 3.77. The van der Waals surface area contributed by atoms with E-state index in [1.165, 1.54) is 12.1 Å². The molecule has 0 unspecified atom stereocenters. The van der Waals surface area contributed by atoms with E-state index in [1.54, 1.807) is 13.0 Å². The van der Waals surface area contributed by atoms with Crippen molar-refractivity contribution >= 4 is 36.1 Å². The molecule has 0 bridgehead atoms. The lowest BCUT2D eigenvalue weighted by Crippen LogP contribution is -1.96. The van der Waals surface area contributed by atoms with Gasteiger partial charge >= 0.3 is 0 Å². The lowest BCUT2D eigenvalue weighted by molar-refractivity contribution is 0.359. The van der Waals surface area contributed by atoms with E-state index in [9.17, 15) is 4.39 Å². The SMILES string of the molecule is Cc1cc(OCC=C(Cl)Cl)cc(F)c1OS. The molecule has 0 heterocycles. The largest absolute Gasteiger partial charge is 0.489 e. The van der Waals surface area contributed by atoms with E-state index in [-0.39, 0.29) is 16.8 Å². The molecule has 1 rings (SSSR count). The summed E-state index contributed by atoms with van der Waals surface area (Å²) >= 11 is 14.3. The van der Waals surface area contributed by atoms with Gasteiger partial charge in [0.1, 0.15) is 16.8 Å². The number of thiol groups is 1. The number of hydrogen-bond acceptors (Lipinski definition) is 3. The Morgan fingerprint density at radius 3 is 2.69 bits per heavy atom. The first-order chi connectivity index (χ1) is 7.54. The number of hydrogen-bond donors (Lipinski definition) is 1. The van der Waals surface area contributed by atoms with Crippen molar-refractivity contribution in [3.05, 3.63) is 34.1 Å². The van der Waals surface area contributed by atoms with Crippen molar-refractivity contribution in [2.45, 2.75) is 6.92 Å². The molecule has 0 saturated heterocycles. The molecule has 0 N–H and O–H groups in total. The van der Waals surface area contributed by atoms with Crippen molar-refractivity contribution in [2.75, 3.05) is 6.61 Å². The summed E-state index contributed by atoms with van der Waals surface area (Å²) in [5.41, 5.74) is 0.589. The molecule has 0 fully saturated rings. The van der Waals surface area contributed by atoms with Crippen LogP contribution in [0.1, 0.15) is 5.56 Å². The number of benzene rings is 1. The standard InChI is InChI=1S/C10H9Cl2FO2S/c1-6-4-7(14-3-2-9(11)12)5-8(13)10(6)15-16/h2,4-5,16H,3H2,1H3. The van der Waals surface area contributed by atoms with Gasteiger partial charge in [-0.1, -0.05) is 23.2 Å². The zero-order valence-corrected chi connectivity index (χ0v) is 10.7. The molecule has 0 aromatic heterocycles. The predicted molar refractivity (Wildman–Crippen MR) is 66.0 cm³/mol. The van der Waals surface area contributed by atoms with Crippen molar-refractivity contribution in [1.82, 2.24) is 0 Å². The summed E-state index contributed by atoms with van der Waals surface area (Å²) in [7, 11) is 0. The lowest BCUT2D eigenvalue weighted by Gasteiger charge is -2.08. The zero-order valence-electron chi connectivity index (χ0n) is 8.34. The van der Waals surface area contributed by atoms with Crippen molar-refractivity contribution in [3.8, 4) is 11.5 Å². The van der Waals surface area contributed by atoms with Crippen LogP contribution in [0.2, 0.25) is 0 Å². The molecule has 0 aliphatic rings. The summed E-state index contributed by atoms with van der Waals surface area (Å²) in [4.78, 5) is 0.